The number of amides is 1. The van der Waals surface area contributed by atoms with Gasteiger partial charge in [0.1, 0.15) is 17.9 Å². The van der Waals surface area contributed by atoms with Crippen LogP contribution >= 0.6 is 0 Å². The predicted molar refractivity (Wildman–Crippen MR) is 137 cm³/mol. The lowest BCUT2D eigenvalue weighted by molar-refractivity contribution is 0.0919. The van der Waals surface area contributed by atoms with Crippen LogP contribution in [0.15, 0.2) is 94.6 Å². The van der Waals surface area contributed by atoms with Gasteiger partial charge in [-0.2, -0.15) is 0 Å². The average molecular weight is 517 g/mol. The van der Waals surface area contributed by atoms with E-state index in [-0.39, 0.29) is 24.4 Å². The molecule has 0 radical (unpaired) electrons. The van der Waals surface area contributed by atoms with Gasteiger partial charge in [-0.1, -0.05) is 36.4 Å². The number of carbonyl (C=O) groups is 1. The molecule has 0 aliphatic carbocycles. The summed E-state index contributed by atoms with van der Waals surface area (Å²) in [7, 11) is 0. The minimum Gasteiger partial charge on any atom is -0.491 e. The van der Waals surface area contributed by atoms with Crippen molar-refractivity contribution in [2.75, 3.05) is 6.61 Å². The summed E-state index contributed by atoms with van der Waals surface area (Å²) in [6, 6.07) is 19.9. The number of fused-ring (bicyclic) bond motifs is 1. The summed E-state index contributed by atoms with van der Waals surface area (Å²) < 4.78 is 34.1. The fourth-order valence-electron chi connectivity index (χ4n) is 4.09. The van der Waals surface area contributed by atoms with Crippen LogP contribution in [0.4, 0.5) is 8.78 Å². The average Bonchev–Trinajstić information content (AvgIpc) is 3.29. The van der Waals surface area contributed by atoms with Gasteiger partial charge in [0, 0.05) is 12.3 Å². The van der Waals surface area contributed by atoms with Crippen LogP contribution in [0.25, 0.3) is 11.0 Å². The van der Waals surface area contributed by atoms with E-state index in [0.29, 0.717) is 22.3 Å². The van der Waals surface area contributed by atoms with Crippen molar-refractivity contribution in [3.8, 4) is 5.75 Å². The highest BCUT2D eigenvalue weighted by molar-refractivity contribution is 5.94. The van der Waals surface area contributed by atoms with Crippen molar-refractivity contribution in [1.82, 2.24) is 19.9 Å². The quantitative estimate of drug-likeness (QED) is 0.291. The van der Waals surface area contributed by atoms with E-state index in [0.717, 1.165) is 17.7 Å². The molecule has 1 amide bonds. The molecular weight excluding hydrogens is 494 g/mol. The van der Waals surface area contributed by atoms with Crippen LogP contribution in [0.3, 0.4) is 0 Å². The number of H-pyrrole nitrogens is 2. The highest BCUT2D eigenvalue weighted by atomic mass is 19.2. The number of hydrogen-bond acceptors (Lipinski definition) is 4. The fourth-order valence-corrected chi connectivity index (χ4v) is 4.09. The van der Waals surface area contributed by atoms with E-state index in [4.69, 9.17) is 4.74 Å². The molecule has 192 valence electrons. The number of nitrogens with zero attached hydrogens (tertiary/aromatic N) is 1. The van der Waals surface area contributed by atoms with Crippen LogP contribution < -0.4 is 21.3 Å². The minimum absolute atomic E-state index is 0.0356. The Morgan fingerprint density at radius 1 is 0.895 bits per heavy atom. The van der Waals surface area contributed by atoms with E-state index in [1.54, 1.807) is 18.2 Å². The molecule has 10 heteroatoms. The summed E-state index contributed by atoms with van der Waals surface area (Å²) in [6.07, 6.45) is 1.47. The summed E-state index contributed by atoms with van der Waals surface area (Å²) in [4.78, 5) is 43.1. The molecule has 0 spiro atoms. The number of rotatable bonds is 8. The Kier molecular flexibility index (Phi) is 6.86. The Morgan fingerprint density at radius 3 is 2.47 bits per heavy atom. The summed E-state index contributed by atoms with van der Waals surface area (Å²) >= 11 is 0. The van der Waals surface area contributed by atoms with Crippen molar-refractivity contribution < 1.29 is 18.3 Å². The number of benzene rings is 3. The summed E-state index contributed by atoms with van der Waals surface area (Å²) in [6.45, 7) is 0.0118. The molecule has 38 heavy (non-hydrogen) atoms. The van der Waals surface area contributed by atoms with Crippen LogP contribution in [0.1, 0.15) is 27.5 Å². The van der Waals surface area contributed by atoms with Crippen molar-refractivity contribution in [2.45, 2.75) is 12.6 Å². The molecule has 5 rings (SSSR count). The van der Waals surface area contributed by atoms with Gasteiger partial charge in [0.05, 0.1) is 23.6 Å². The third kappa shape index (κ3) is 5.39. The van der Waals surface area contributed by atoms with Gasteiger partial charge in [-0.3, -0.25) is 9.59 Å². The maximum absolute atomic E-state index is 13.6. The highest BCUT2D eigenvalue weighted by Crippen LogP contribution is 2.20. The first-order chi connectivity index (χ1) is 18.4. The SMILES string of the molecule is O=C(N[C@@H](COc1ccc2[nH]c(=O)[nH]c2c1)c1ccccc1)c1cccn(Cc2ccc(F)c(F)c2)c1=O. The molecule has 3 N–H and O–H groups in total. The zero-order valence-corrected chi connectivity index (χ0v) is 19.9. The monoisotopic (exact) mass is 516 g/mol. The number of aromatic amines is 2. The Morgan fingerprint density at radius 2 is 1.68 bits per heavy atom. The van der Waals surface area contributed by atoms with Gasteiger partial charge in [-0.05, 0) is 47.5 Å². The Labute approximate surface area is 214 Å². The number of aromatic nitrogens is 3. The Balaban J connectivity index is 1.36. The van der Waals surface area contributed by atoms with Gasteiger partial charge >= 0.3 is 5.69 Å². The number of imidazole rings is 1. The Bertz CT molecular complexity index is 1730. The number of carbonyl (C=O) groups excluding carboxylic acids is 1. The number of hydrogen-bond donors (Lipinski definition) is 3. The smallest absolute Gasteiger partial charge is 0.323 e. The third-order valence-corrected chi connectivity index (χ3v) is 6.01. The maximum atomic E-state index is 13.6. The van der Waals surface area contributed by atoms with Crippen LogP contribution in [-0.2, 0) is 6.54 Å². The van der Waals surface area contributed by atoms with Gasteiger partial charge in [0.15, 0.2) is 11.6 Å². The molecule has 2 aromatic heterocycles. The second-order valence-electron chi connectivity index (χ2n) is 8.64. The second-order valence-corrected chi connectivity index (χ2v) is 8.64. The van der Waals surface area contributed by atoms with E-state index in [1.165, 1.54) is 29.0 Å². The van der Waals surface area contributed by atoms with Crippen LogP contribution in [-0.4, -0.2) is 27.0 Å². The molecule has 0 saturated heterocycles. The summed E-state index contributed by atoms with van der Waals surface area (Å²) in [5.41, 5.74) is 1.34. The lowest BCUT2D eigenvalue weighted by Gasteiger charge is -2.20. The lowest BCUT2D eigenvalue weighted by atomic mass is 10.1. The minimum atomic E-state index is -1.02. The fraction of sp³-hybridized carbons (Fsp3) is 0.107. The third-order valence-electron chi connectivity index (χ3n) is 6.01. The zero-order chi connectivity index (χ0) is 26.6. The molecule has 2 heterocycles. The van der Waals surface area contributed by atoms with Crippen LogP contribution in [0.5, 0.6) is 5.75 Å². The second kappa shape index (κ2) is 10.6. The first kappa shape index (κ1) is 24.7. The molecule has 3 aromatic carbocycles. The normalized spacial score (nSPS) is 11.8. The highest BCUT2D eigenvalue weighted by Gasteiger charge is 2.20. The number of ether oxygens (including phenoxy) is 1. The van der Waals surface area contributed by atoms with Gasteiger partial charge in [0.25, 0.3) is 11.5 Å². The van der Waals surface area contributed by atoms with Crippen molar-refractivity contribution in [3.05, 3.63) is 134 Å². The number of pyridine rings is 1. The molecule has 0 unspecified atom stereocenters. The Hall–Kier alpha value is -4.99. The standard InChI is InChI=1S/C28H22F2N4O4/c29-21-10-8-17(13-22(21)30)15-34-12-4-7-20(27(34)36)26(35)31-25(18-5-2-1-3-6-18)16-38-19-9-11-23-24(14-19)33-28(37)32-23/h1-14,25H,15-16H2,(H,31,35)(H2,32,33,37)/t25-/m0/s1. The maximum Gasteiger partial charge on any atom is 0.323 e. The molecule has 0 aliphatic rings. The molecule has 0 fully saturated rings. The van der Waals surface area contributed by atoms with E-state index < -0.39 is 29.1 Å². The number of halogens is 2. The van der Waals surface area contributed by atoms with Crippen molar-refractivity contribution >= 4 is 16.9 Å². The molecule has 5 aromatic rings. The van der Waals surface area contributed by atoms with Crippen molar-refractivity contribution in [3.63, 3.8) is 0 Å². The predicted octanol–water partition coefficient (Wildman–Crippen LogP) is 3.89. The van der Waals surface area contributed by atoms with Gasteiger partial charge in [0.2, 0.25) is 0 Å². The molecule has 0 saturated carbocycles. The lowest BCUT2D eigenvalue weighted by Crippen LogP contribution is -2.37. The van der Waals surface area contributed by atoms with Crippen molar-refractivity contribution in [2.24, 2.45) is 0 Å². The largest absolute Gasteiger partial charge is 0.491 e. The molecule has 0 bridgehead atoms. The van der Waals surface area contributed by atoms with E-state index in [2.05, 4.69) is 15.3 Å². The van der Waals surface area contributed by atoms with E-state index in [9.17, 15) is 23.2 Å². The van der Waals surface area contributed by atoms with Crippen molar-refractivity contribution in [1.29, 1.82) is 0 Å². The van der Waals surface area contributed by atoms with Crippen LogP contribution in [0, 0.1) is 11.6 Å². The molecular formula is C28H22F2N4O4. The molecule has 0 aliphatic heterocycles. The van der Waals surface area contributed by atoms with Gasteiger partial charge < -0.3 is 24.6 Å². The topological polar surface area (TPSA) is 109 Å². The molecule has 8 nitrogen and oxygen atoms in total. The van der Waals surface area contributed by atoms with Gasteiger partial charge in [-0.15, -0.1) is 0 Å². The summed E-state index contributed by atoms with van der Waals surface area (Å²) in [5.74, 6) is -2.13. The first-order valence-electron chi connectivity index (χ1n) is 11.7. The molecule has 1 atom stereocenters. The van der Waals surface area contributed by atoms with Gasteiger partial charge in [-0.25, -0.2) is 13.6 Å². The van der Waals surface area contributed by atoms with E-state index in [1.807, 2.05) is 30.3 Å². The number of nitrogens with one attached hydrogen (secondary N) is 3. The van der Waals surface area contributed by atoms with Crippen LogP contribution in [0.2, 0.25) is 0 Å². The first-order valence-corrected chi connectivity index (χ1v) is 11.7. The summed E-state index contributed by atoms with van der Waals surface area (Å²) in [5, 5.41) is 2.86. The zero-order valence-electron chi connectivity index (χ0n) is 19.9. The van der Waals surface area contributed by atoms with E-state index >= 15 is 0 Å².